The molecule has 0 spiro atoms. The lowest BCUT2D eigenvalue weighted by molar-refractivity contribution is -0.137. The highest BCUT2D eigenvalue weighted by atomic mass is 16.5. The molecule has 0 fully saturated rings. The summed E-state index contributed by atoms with van der Waals surface area (Å²) in [4.78, 5) is 11.1. The van der Waals surface area contributed by atoms with Crippen LogP contribution in [0.2, 0.25) is 0 Å². The number of benzene rings is 1. The second-order valence-corrected chi connectivity index (χ2v) is 3.43. The normalized spacial score (nSPS) is 11.1. The first-order chi connectivity index (χ1) is 7.61. The van der Waals surface area contributed by atoms with Crippen LogP contribution in [0.25, 0.3) is 0 Å². The standard InChI is InChI=1S/C13H16O3/c1-4-15-13(14)9-11(3)16-12-7-5-6-10(2)8-12/h5-9H,4H2,1-3H3. The molecule has 3 heteroatoms. The van der Waals surface area contributed by atoms with Gasteiger partial charge in [0, 0.05) is 0 Å². The van der Waals surface area contributed by atoms with Crippen molar-refractivity contribution in [1.82, 2.24) is 0 Å². The maximum atomic E-state index is 11.1. The summed E-state index contributed by atoms with van der Waals surface area (Å²) in [5, 5.41) is 0. The van der Waals surface area contributed by atoms with Crippen molar-refractivity contribution in [2.24, 2.45) is 0 Å². The van der Waals surface area contributed by atoms with Crippen LogP contribution >= 0.6 is 0 Å². The van der Waals surface area contributed by atoms with Gasteiger partial charge in [-0.15, -0.1) is 0 Å². The highest BCUT2D eigenvalue weighted by molar-refractivity contribution is 5.82. The molecule has 0 heterocycles. The molecule has 0 saturated heterocycles. The van der Waals surface area contributed by atoms with Gasteiger partial charge in [-0.05, 0) is 38.5 Å². The van der Waals surface area contributed by atoms with E-state index >= 15 is 0 Å². The van der Waals surface area contributed by atoms with Crippen molar-refractivity contribution < 1.29 is 14.3 Å². The van der Waals surface area contributed by atoms with Crippen molar-refractivity contribution in [2.75, 3.05) is 6.61 Å². The topological polar surface area (TPSA) is 35.5 Å². The van der Waals surface area contributed by atoms with Gasteiger partial charge < -0.3 is 9.47 Å². The Morgan fingerprint density at radius 3 is 2.81 bits per heavy atom. The molecule has 86 valence electrons. The third-order valence-corrected chi connectivity index (χ3v) is 1.88. The quantitative estimate of drug-likeness (QED) is 0.444. The van der Waals surface area contributed by atoms with Crippen LogP contribution in [0, 0.1) is 6.92 Å². The molecule has 0 aromatic heterocycles. The molecule has 0 aliphatic heterocycles. The summed E-state index contributed by atoms with van der Waals surface area (Å²) in [6.45, 7) is 5.84. The molecule has 0 N–H and O–H groups in total. The average molecular weight is 220 g/mol. The summed E-state index contributed by atoms with van der Waals surface area (Å²) in [7, 11) is 0. The lowest BCUT2D eigenvalue weighted by Crippen LogP contribution is -2.02. The zero-order valence-electron chi connectivity index (χ0n) is 9.82. The highest BCUT2D eigenvalue weighted by Gasteiger charge is 2.00. The smallest absolute Gasteiger partial charge is 0.334 e. The summed E-state index contributed by atoms with van der Waals surface area (Å²) in [6, 6.07) is 7.64. The molecule has 1 aromatic carbocycles. The minimum absolute atomic E-state index is 0.368. The predicted molar refractivity (Wildman–Crippen MR) is 62.2 cm³/mol. The van der Waals surface area contributed by atoms with E-state index < -0.39 is 0 Å². The number of allylic oxidation sites excluding steroid dienone is 1. The molecule has 1 aromatic rings. The molecule has 0 unspecified atom stereocenters. The average Bonchev–Trinajstić information content (AvgIpc) is 2.17. The van der Waals surface area contributed by atoms with Crippen LogP contribution in [-0.2, 0) is 9.53 Å². The molecular weight excluding hydrogens is 204 g/mol. The van der Waals surface area contributed by atoms with Crippen LogP contribution in [0.15, 0.2) is 36.1 Å². The van der Waals surface area contributed by atoms with Crippen molar-refractivity contribution in [2.45, 2.75) is 20.8 Å². The maximum Gasteiger partial charge on any atom is 0.334 e. The van der Waals surface area contributed by atoms with Gasteiger partial charge in [0.25, 0.3) is 0 Å². The Morgan fingerprint density at radius 2 is 2.19 bits per heavy atom. The lowest BCUT2D eigenvalue weighted by atomic mass is 10.2. The minimum Gasteiger partial charge on any atom is -0.463 e. The van der Waals surface area contributed by atoms with Gasteiger partial charge in [0.2, 0.25) is 0 Å². The summed E-state index contributed by atoms with van der Waals surface area (Å²) >= 11 is 0. The van der Waals surface area contributed by atoms with Gasteiger partial charge in [-0.1, -0.05) is 12.1 Å². The van der Waals surface area contributed by atoms with Gasteiger partial charge in [-0.25, -0.2) is 4.79 Å². The number of rotatable bonds is 4. The molecule has 0 aliphatic carbocycles. The second kappa shape index (κ2) is 5.95. The van der Waals surface area contributed by atoms with E-state index in [4.69, 9.17) is 9.47 Å². The van der Waals surface area contributed by atoms with E-state index in [1.165, 1.54) is 6.08 Å². The van der Waals surface area contributed by atoms with Gasteiger partial charge in [0.1, 0.15) is 11.5 Å². The Morgan fingerprint density at radius 1 is 1.44 bits per heavy atom. The van der Waals surface area contributed by atoms with Crippen LogP contribution < -0.4 is 4.74 Å². The van der Waals surface area contributed by atoms with E-state index in [1.54, 1.807) is 13.8 Å². The molecule has 0 aliphatic rings. The van der Waals surface area contributed by atoms with Crippen LogP contribution in [0.4, 0.5) is 0 Å². The molecule has 16 heavy (non-hydrogen) atoms. The van der Waals surface area contributed by atoms with Crippen molar-refractivity contribution in [1.29, 1.82) is 0 Å². The van der Waals surface area contributed by atoms with Gasteiger partial charge in [0.05, 0.1) is 12.7 Å². The van der Waals surface area contributed by atoms with Crippen LogP contribution in [0.1, 0.15) is 19.4 Å². The van der Waals surface area contributed by atoms with E-state index in [2.05, 4.69) is 0 Å². The third kappa shape index (κ3) is 4.17. The Bertz CT molecular complexity index is 394. The number of ether oxygens (including phenoxy) is 2. The molecule has 0 saturated carbocycles. The van der Waals surface area contributed by atoms with Crippen LogP contribution in [0.5, 0.6) is 5.75 Å². The first-order valence-electron chi connectivity index (χ1n) is 5.21. The number of carbonyl (C=O) groups is 1. The summed E-state index contributed by atoms with van der Waals surface area (Å²) in [5.74, 6) is 0.856. The van der Waals surface area contributed by atoms with E-state index in [9.17, 15) is 4.79 Å². The number of aryl methyl sites for hydroxylation is 1. The Balaban J connectivity index is 2.63. The van der Waals surface area contributed by atoms with Crippen LogP contribution in [0.3, 0.4) is 0 Å². The maximum absolute atomic E-state index is 11.1. The molecule has 3 nitrogen and oxygen atoms in total. The second-order valence-electron chi connectivity index (χ2n) is 3.43. The zero-order chi connectivity index (χ0) is 12.0. The van der Waals surface area contributed by atoms with E-state index in [1.807, 2.05) is 31.2 Å². The number of hydrogen-bond acceptors (Lipinski definition) is 3. The van der Waals surface area contributed by atoms with Crippen molar-refractivity contribution in [3.8, 4) is 5.75 Å². The predicted octanol–water partition coefficient (Wildman–Crippen LogP) is 2.84. The van der Waals surface area contributed by atoms with Gasteiger partial charge >= 0.3 is 5.97 Å². The number of esters is 1. The highest BCUT2D eigenvalue weighted by Crippen LogP contribution is 2.15. The lowest BCUT2D eigenvalue weighted by Gasteiger charge is -2.06. The summed E-state index contributed by atoms with van der Waals surface area (Å²) in [5.41, 5.74) is 1.11. The van der Waals surface area contributed by atoms with Gasteiger partial charge in [-0.2, -0.15) is 0 Å². The molecule has 0 atom stereocenters. The molecular formula is C13H16O3. The fourth-order valence-electron chi connectivity index (χ4n) is 1.24. The van der Waals surface area contributed by atoms with Crippen LogP contribution in [-0.4, -0.2) is 12.6 Å². The zero-order valence-corrected chi connectivity index (χ0v) is 9.82. The fraction of sp³-hybridized carbons (Fsp3) is 0.308. The van der Waals surface area contributed by atoms with Crippen molar-refractivity contribution in [3.63, 3.8) is 0 Å². The minimum atomic E-state index is -0.382. The molecule has 0 bridgehead atoms. The van der Waals surface area contributed by atoms with Gasteiger partial charge in [-0.3, -0.25) is 0 Å². The number of hydrogen-bond donors (Lipinski definition) is 0. The van der Waals surface area contributed by atoms with Crippen molar-refractivity contribution in [3.05, 3.63) is 41.7 Å². The Labute approximate surface area is 95.7 Å². The largest absolute Gasteiger partial charge is 0.463 e. The summed E-state index contributed by atoms with van der Waals surface area (Å²) < 4.78 is 10.3. The van der Waals surface area contributed by atoms with E-state index in [-0.39, 0.29) is 5.97 Å². The van der Waals surface area contributed by atoms with Crippen molar-refractivity contribution >= 4 is 5.97 Å². The van der Waals surface area contributed by atoms with E-state index in [0.717, 1.165) is 11.3 Å². The fourth-order valence-corrected chi connectivity index (χ4v) is 1.24. The summed E-state index contributed by atoms with van der Waals surface area (Å²) in [6.07, 6.45) is 1.34. The number of carbonyl (C=O) groups excluding carboxylic acids is 1. The third-order valence-electron chi connectivity index (χ3n) is 1.88. The molecule has 0 amide bonds. The SMILES string of the molecule is CCOC(=O)C=C(C)Oc1cccc(C)c1. The van der Waals surface area contributed by atoms with Gasteiger partial charge in [0.15, 0.2) is 0 Å². The first kappa shape index (κ1) is 12.3. The monoisotopic (exact) mass is 220 g/mol. The molecule has 0 radical (unpaired) electrons. The Hall–Kier alpha value is -1.77. The van der Waals surface area contributed by atoms with E-state index in [0.29, 0.717) is 12.4 Å². The molecule has 1 rings (SSSR count). The first-order valence-corrected chi connectivity index (χ1v) is 5.21. The Kier molecular flexibility index (Phi) is 4.58.